The number of carbonyl (C=O) groups excluding carboxylic acids is 1. The molecule has 3 nitrogen and oxygen atoms in total. The molecule has 2 rings (SSSR count). The smallest absolute Gasteiger partial charge is 0.176 e. The molecule has 98 valence electrons. The molecule has 0 aliphatic carbocycles. The van der Waals surface area contributed by atoms with Crippen LogP contribution >= 0.6 is 15.9 Å². The number of hydrogen-bond acceptors (Lipinski definition) is 3. The molecule has 0 saturated carbocycles. The summed E-state index contributed by atoms with van der Waals surface area (Å²) >= 11 is 3.41. The summed E-state index contributed by atoms with van der Waals surface area (Å²) in [6.07, 6.45) is 2.39. The van der Waals surface area contributed by atoms with Crippen molar-refractivity contribution < 1.29 is 9.53 Å². The van der Waals surface area contributed by atoms with E-state index in [4.69, 9.17) is 4.74 Å². The molecule has 0 amide bonds. The number of ketones is 1. The highest BCUT2D eigenvalue weighted by Crippen LogP contribution is 2.26. The van der Waals surface area contributed by atoms with Crippen LogP contribution in [-0.4, -0.2) is 36.9 Å². The minimum Gasteiger partial charge on any atom is -0.496 e. The third kappa shape index (κ3) is 2.93. The van der Waals surface area contributed by atoms with Crippen molar-refractivity contribution >= 4 is 21.7 Å². The van der Waals surface area contributed by atoms with Crippen LogP contribution in [0, 0.1) is 0 Å². The van der Waals surface area contributed by atoms with E-state index in [1.807, 2.05) is 18.2 Å². The molecule has 0 N–H and O–H groups in total. The number of Topliss-reactive ketones (excluding diaryl/α,β-unsaturated/α-hetero) is 1. The van der Waals surface area contributed by atoms with Gasteiger partial charge in [0.05, 0.1) is 18.1 Å². The van der Waals surface area contributed by atoms with E-state index in [9.17, 15) is 4.79 Å². The quantitative estimate of drug-likeness (QED) is 0.800. The van der Waals surface area contributed by atoms with Crippen LogP contribution in [0.25, 0.3) is 0 Å². The second kappa shape index (κ2) is 5.85. The molecule has 1 aliphatic heterocycles. The lowest BCUT2D eigenvalue weighted by atomic mass is 10.1. The molecule has 1 aliphatic rings. The zero-order valence-electron chi connectivity index (χ0n) is 10.8. The minimum atomic E-state index is 0.173. The van der Waals surface area contributed by atoms with Crippen molar-refractivity contribution in [3.8, 4) is 5.75 Å². The fourth-order valence-electron chi connectivity index (χ4n) is 2.34. The number of nitrogens with zero attached hydrogens (tertiary/aromatic N) is 1. The number of carbonyl (C=O) groups is 1. The van der Waals surface area contributed by atoms with Crippen molar-refractivity contribution in [1.82, 2.24) is 4.90 Å². The molecular weight excluding hydrogens is 294 g/mol. The number of halogens is 1. The minimum absolute atomic E-state index is 0.173. The first-order valence-corrected chi connectivity index (χ1v) is 7.02. The molecular formula is C14H18BrNO2. The van der Waals surface area contributed by atoms with Gasteiger partial charge < -0.3 is 4.74 Å². The summed E-state index contributed by atoms with van der Waals surface area (Å²) in [6, 6.07) is 6.01. The van der Waals surface area contributed by atoms with Gasteiger partial charge >= 0.3 is 0 Å². The van der Waals surface area contributed by atoms with Gasteiger partial charge in [0.25, 0.3) is 0 Å². The van der Waals surface area contributed by atoms with E-state index in [2.05, 4.69) is 27.8 Å². The summed E-state index contributed by atoms with van der Waals surface area (Å²) in [7, 11) is 1.62. The van der Waals surface area contributed by atoms with Crippen LogP contribution in [0.5, 0.6) is 5.75 Å². The lowest BCUT2D eigenvalue weighted by Gasteiger charge is -2.19. The summed E-state index contributed by atoms with van der Waals surface area (Å²) in [5, 5.41) is 0. The van der Waals surface area contributed by atoms with Crippen LogP contribution in [0.2, 0.25) is 0 Å². The topological polar surface area (TPSA) is 29.5 Å². The Morgan fingerprint density at radius 1 is 1.56 bits per heavy atom. The average Bonchev–Trinajstić information content (AvgIpc) is 2.75. The molecule has 1 aromatic carbocycles. The van der Waals surface area contributed by atoms with Gasteiger partial charge in [-0.15, -0.1) is 0 Å². The van der Waals surface area contributed by atoms with Crippen LogP contribution in [0.3, 0.4) is 0 Å². The van der Waals surface area contributed by atoms with Gasteiger partial charge in [-0.1, -0.05) is 0 Å². The molecule has 1 atom stereocenters. The number of likely N-dealkylation sites (tertiary alicyclic amines) is 1. The van der Waals surface area contributed by atoms with E-state index in [0.717, 1.165) is 22.3 Å². The average molecular weight is 312 g/mol. The number of rotatable bonds is 4. The van der Waals surface area contributed by atoms with Crippen molar-refractivity contribution in [3.63, 3.8) is 0 Å². The molecule has 0 bridgehead atoms. The monoisotopic (exact) mass is 311 g/mol. The van der Waals surface area contributed by atoms with Gasteiger partial charge in [-0.25, -0.2) is 0 Å². The van der Waals surface area contributed by atoms with Crippen molar-refractivity contribution in [1.29, 1.82) is 0 Å². The number of benzene rings is 1. The zero-order chi connectivity index (χ0) is 13.1. The van der Waals surface area contributed by atoms with Crippen LogP contribution in [0.1, 0.15) is 30.1 Å². The van der Waals surface area contributed by atoms with Crippen molar-refractivity contribution in [3.05, 3.63) is 28.2 Å². The van der Waals surface area contributed by atoms with E-state index in [0.29, 0.717) is 12.6 Å². The maximum absolute atomic E-state index is 12.2. The SMILES string of the molecule is COc1ccc(C(=O)CN2CCCC2C)cc1Br. The van der Waals surface area contributed by atoms with Crippen molar-refractivity contribution in [2.75, 3.05) is 20.2 Å². The van der Waals surface area contributed by atoms with E-state index in [1.165, 1.54) is 12.8 Å². The van der Waals surface area contributed by atoms with Crippen LogP contribution in [-0.2, 0) is 0 Å². The van der Waals surface area contributed by atoms with Gasteiger partial charge in [-0.05, 0) is 60.4 Å². The molecule has 1 saturated heterocycles. The Balaban J connectivity index is 2.07. The second-order valence-electron chi connectivity index (χ2n) is 4.73. The maximum atomic E-state index is 12.2. The summed E-state index contributed by atoms with van der Waals surface area (Å²) < 4.78 is 5.99. The molecule has 18 heavy (non-hydrogen) atoms. The first-order chi connectivity index (χ1) is 8.61. The molecule has 1 heterocycles. The fraction of sp³-hybridized carbons (Fsp3) is 0.500. The Kier molecular flexibility index (Phi) is 4.40. The second-order valence-corrected chi connectivity index (χ2v) is 5.59. The van der Waals surface area contributed by atoms with E-state index in [-0.39, 0.29) is 5.78 Å². The summed E-state index contributed by atoms with van der Waals surface area (Å²) in [6.45, 7) is 3.73. The number of methoxy groups -OCH3 is 1. The highest BCUT2D eigenvalue weighted by atomic mass is 79.9. The first-order valence-electron chi connectivity index (χ1n) is 6.22. The van der Waals surface area contributed by atoms with Gasteiger partial charge in [-0.3, -0.25) is 9.69 Å². The predicted molar refractivity (Wildman–Crippen MR) is 75.3 cm³/mol. The van der Waals surface area contributed by atoms with Crippen LogP contribution in [0.15, 0.2) is 22.7 Å². The van der Waals surface area contributed by atoms with Gasteiger partial charge in [0, 0.05) is 11.6 Å². The lowest BCUT2D eigenvalue weighted by Crippen LogP contribution is -2.32. The van der Waals surface area contributed by atoms with Crippen LogP contribution < -0.4 is 4.74 Å². The molecule has 0 spiro atoms. The van der Waals surface area contributed by atoms with E-state index >= 15 is 0 Å². The standard InChI is InChI=1S/C14H18BrNO2/c1-10-4-3-7-16(10)9-13(17)11-5-6-14(18-2)12(15)8-11/h5-6,8,10H,3-4,7,9H2,1-2H3. The lowest BCUT2D eigenvalue weighted by molar-refractivity contribution is 0.0926. The maximum Gasteiger partial charge on any atom is 0.176 e. The van der Waals surface area contributed by atoms with Gasteiger partial charge in [0.1, 0.15) is 5.75 Å². The molecule has 4 heteroatoms. The highest BCUT2D eigenvalue weighted by molar-refractivity contribution is 9.10. The van der Waals surface area contributed by atoms with E-state index in [1.54, 1.807) is 7.11 Å². The Hall–Kier alpha value is -0.870. The van der Waals surface area contributed by atoms with Crippen molar-refractivity contribution in [2.24, 2.45) is 0 Å². The van der Waals surface area contributed by atoms with Gasteiger partial charge in [-0.2, -0.15) is 0 Å². The Morgan fingerprint density at radius 3 is 2.89 bits per heavy atom. The Morgan fingerprint density at radius 2 is 2.33 bits per heavy atom. The zero-order valence-corrected chi connectivity index (χ0v) is 12.4. The normalized spacial score (nSPS) is 20.1. The first kappa shape index (κ1) is 13.6. The van der Waals surface area contributed by atoms with Crippen LogP contribution in [0.4, 0.5) is 0 Å². The highest BCUT2D eigenvalue weighted by Gasteiger charge is 2.22. The number of hydrogen-bond donors (Lipinski definition) is 0. The van der Waals surface area contributed by atoms with E-state index < -0.39 is 0 Å². The third-order valence-corrected chi connectivity index (χ3v) is 4.13. The fourth-order valence-corrected chi connectivity index (χ4v) is 2.88. The summed E-state index contributed by atoms with van der Waals surface area (Å²) in [5.74, 6) is 0.924. The molecule has 0 radical (unpaired) electrons. The third-order valence-electron chi connectivity index (χ3n) is 3.51. The van der Waals surface area contributed by atoms with Gasteiger partial charge in [0.2, 0.25) is 0 Å². The number of ether oxygens (including phenoxy) is 1. The molecule has 1 aromatic rings. The Labute approximate surface area is 116 Å². The molecule has 0 aromatic heterocycles. The Bertz CT molecular complexity index is 447. The van der Waals surface area contributed by atoms with Crippen molar-refractivity contribution in [2.45, 2.75) is 25.8 Å². The molecule has 1 unspecified atom stereocenters. The van der Waals surface area contributed by atoms with Gasteiger partial charge in [0.15, 0.2) is 5.78 Å². The predicted octanol–water partition coefficient (Wildman–Crippen LogP) is 3.12. The summed E-state index contributed by atoms with van der Waals surface area (Å²) in [5.41, 5.74) is 0.738. The largest absolute Gasteiger partial charge is 0.496 e. The molecule has 1 fully saturated rings. The summed E-state index contributed by atoms with van der Waals surface area (Å²) in [4.78, 5) is 14.4.